The van der Waals surface area contributed by atoms with Crippen molar-refractivity contribution in [2.45, 2.75) is 11.3 Å². The van der Waals surface area contributed by atoms with Gasteiger partial charge >= 0.3 is 0 Å². The molecule has 0 saturated heterocycles. The summed E-state index contributed by atoms with van der Waals surface area (Å²) in [6.45, 7) is -0.0584. The third-order valence-corrected chi connectivity index (χ3v) is 5.11. The molecule has 0 atom stereocenters. The minimum absolute atomic E-state index is 0.0584. The molecular formula is C21H26N2O5S. The summed E-state index contributed by atoms with van der Waals surface area (Å²) in [6, 6.07) is 11.0. The first-order chi connectivity index (χ1) is 13.9. The van der Waals surface area contributed by atoms with E-state index in [1.54, 1.807) is 30.9 Å². The van der Waals surface area contributed by atoms with Crippen molar-refractivity contribution >= 4 is 29.3 Å². The minimum atomic E-state index is -0.262. The highest BCUT2D eigenvalue weighted by Crippen LogP contribution is 2.40. The second kappa shape index (κ2) is 10.6. The summed E-state index contributed by atoms with van der Waals surface area (Å²) in [7, 11) is 6.14. The summed E-state index contributed by atoms with van der Waals surface area (Å²) >= 11 is 1.54. The number of nitrogens with one attached hydrogen (secondary N) is 1. The van der Waals surface area contributed by atoms with Gasteiger partial charge in [0.25, 0.3) is 0 Å². The standard InChI is InChI=1S/C21H26N2O5S/c1-23(13-18(24)22-15-8-6-7-9-17(15)29-5)19(25)12-14-10-11-16(26-2)21(28-4)20(14)27-3/h6-11H,12-13H2,1-5H3,(H,22,24). The fourth-order valence-electron chi connectivity index (χ4n) is 2.84. The smallest absolute Gasteiger partial charge is 0.244 e. The van der Waals surface area contributed by atoms with Crippen LogP contribution in [-0.4, -0.2) is 57.9 Å². The molecular weight excluding hydrogens is 392 g/mol. The van der Waals surface area contributed by atoms with Gasteiger partial charge in [-0.05, 0) is 24.5 Å². The average Bonchev–Trinajstić information content (AvgIpc) is 2.73. The SMILES string of the molecule is COc1ccc(CC(=O)N(C)CC(=O)Nc2ccccc2SC)c(OC)c1OC. The summed E-state index contributed by atoms with van der Waals surface area (Å²) < 4.78 is 16.0. The molecule has 1 N–H and O–H groups in total. The second-order valence-corrected chi connectivity index (χ2v) is 7.02. The minimum Gasteiger partial charge on any atom is -0.493 e. The molecule has 0 fully saturated rings. The second-order valence-electron chi connectivity index (χ2n) is 6.17. The third-order valence-electron chi connectivity index (χ3n) is 4.31. The van der Waals surface area contributed by atoms with Crippen molar-refractivity contribution in [1.82, 2.24) is 4.90 Å². The van der Waals surface area contributed by atoms with E-state index in [-0.39, 0.29) is 24.8 Å². The highest BCUT2D eigenvalue weighted by atomic mass is 32.2. The number of methoxy groups -OCH3 is 3. The molecule has 8 heteroatoms. The number of carbonyl (C=O) groups excluding carboxylic acids is 2. The van der Waals surface area contributed by atoms with Crippen LogP contribution < -0.4 is 19.5 Å². The van der Waals surface area contributed by atoms with Gasteiger partial charge in [0.2, 0.25) is 17.6 Å². The number of benzene rings is 2. The van der Waals surface area contributed by atoms with Crippen LogP contribution in [0.4, 0.5) is 5.69 Å². The number of anilines is 1. The maximum atomic E-state index is 12.7. The van der Waals surface area contributed by atoms with Gasteiger partial charge in [-0.25, -0.2) is 0 Å². The van der Waals surface area contributed by atoms with E-state index in [1.807, 2.05) is 30.5 Å². The Kier molecular flexibility index (Phi) is 8.21. The van der Waals surface area contributed by atoms with Crippen molar-refractivity contribution < 1.29 is 23.8 Å². The predicted octanol–water partition coefficient (Wildman–Crippen LogP) is 3.07. The van der Waals surface area contributed by atoms with E-state index in [9.17, 15) is 9.59 Å². The number of rotatable bonds is 9. The molecule has 2 rings (SSSR count). The van der Waals surface area contributed by atoms with Crippen LogP contribution in [0.15, 0.2) is 41.3 Å². The van der Waals surface area contributed by atoms with Gasteiger partial charge < -0.3 is 24.4 Å². The van der Waals surface area contributed by atoms with E-state index in [0.29, 0.717) is 22.8 Å². The van der Waals surface area contributed by atoms with Crippen molar-refractivity contribution in [2.75, 3.05) is 46.5 Å². The van der Waals surface area contributed by atoms with E-state index < -0.39 is 0 Å². The first-order valence-electron chi connectivity index (χ1n) is 8.89. The fourth-order valence-corrected chi connectivity index (χ4v) is 3.40. The number of likely N-dealkylation sites (N-methyl/N-ethyl adjacent to an activating group) is 1. The van der Waals surface area contributed by atoms with Crippen molar-refractivity contribution in [3.8, 4) is 17.2 Å². The monoisotopic (exact) mass is 418 g/mol. The highest BCUT2D eigenvalue weighted by molar-refractivity contribution is 7.98. The lowest BCUT2D eigenvalue weighted by Gasteiger charge is -2.19. The Hall–Kier alpha value is -2.87. The maximum Gasteiger partial charge on any atom is 0.244 e. The number of hydrogen-bond donors (Lipinski definition) is 1. The molecule has 0 heterocycles. The van der Waals surface area contributed by atoms with E-state index >= 15 is 0 Å². The summed E-state index contributed by atoms with van der Waals surface area (Å²) in [5.74, 6) is 0.896. The van der Waals surface area contributed by atoms with Gasteiger partial charge in [0.05, 0.1) is 40.0 Å². The Bertz CT molecular complexity index is 872. The molecule has 0 aromatic heterocycles. The van der Waals surface area contributed by atoms with E-state index in [4.69, 9.17) is 14.2 Å². The van der Waals surface area contributed by atoms with Gasteiger partial charge in [0, 0.05) is 17.5 Å². The Morgan fingerprint density at radius 3 is 2.31 bits per heavy atom. The van der Waals surface area contributed by atoms with Gasteiger partial charge in [-0.1, -0.05) is 18.2 Å². The number of para-hydroxylation sites is 1. The Labute approximate surface area is 175 Å². The lowest BCUT2D eigenvalue weighted by molar-refractivity contribution is -0.132. The summed E-state index contributed by atoms with van der Waals surface area (Å²) in [4.78, 5) is 27.4. The predicted molar refractivity (Wildman–Crippen MR) is 114 cm³/mol. The number of hydrogen-bond acceptors (Lipinski definition) is 6. The van der Waals surface area contributed by atoms with E-state index in [0.717, 1.165) is 10.6 Å². The first kappa shape index (κ1) is 22.4. The molecule has 0 radical (unpaired) electrons. The Morgan fingerprint density at radius 2 is 1.69 bits per heavy atom. The van der Waals surface area contributed by atoms with Crippen LogP contribution in [0.1, 0.15) is 5.56 Å². The normalized spacial score (nSPS) is 10.2. The van der Waals surface area contributed by atoms with Crippen LogP contribution in [-0.2, 0) is 16.0 Å². The van der Waals surface area contributed by atoms with Crippen LogP contribution in [0.25, 0.3) is 0 Å². The molecule has 7 nitrogen and oxygen atoms in total. The molecule has 2 aromatic rings. The zero-order valence-electron chi connectivity index (χ0n) is 17.3. The van der Waals surface area contributed by atoms with Crippen molar-refractivity contribution in [2.24, 2.45) is 0 Å². The molecule has 2 aromatic carbocycles. The summed E-state index contributed by atoms with van der Waals surface area (Å²) in [6.07, 6.45) is 2.01. The average molecular weight is 419 g/mol. The van der Waals surface area contributed by atoms with Crippen molar-refractivity contribution in [3.63, 3.8) is 0 Å². The van der Waals surface area contributed by atoms with Crippen LogP contribution in [0.5, 0.6) is 17.2 Å². The molecule has 0 spiro atoms. The lowest BCUT2D eigenvalue weighted by Crippen LogP contribution is -2.36. The molecule has 0 unspecified atom stereocenters. The zero-order valence-corrected chi connectivity index (χ0v) is 18.1. The van der Waals surface area contributed by atoms with Crippen LogP contribution >= 0.6 is 11.8 Å². The highest BCUT2D eigenvalue weighted by Gasteiger charge is 2.20. The molecule has 0 bridgehead atoms. The van der Waals surface area contributed by atoms with E-state index in [1.165, 1.54) is 26.2 Å². The van der Waals surface area contributed by atoms with Gasteiger partial charge in [-0.15, -0.1) is 11.8 Å². The summed E-state index contributed by atoms with van der Waals surface area (Å²) in [5, 5.41) is 2.85. The van der Waals surface area contributed by atoms with E-state index in [2.05, 4.69) is 5.32 Å². The fraction of sp³-hybridized carbons (Fsp3) is 0.333. The molecule has 0 aliphatic heterocycles. The molecule has 0 saturated carbocycles. The van der Waals surface area contributed by atoms with Crippen LogP contribution in [0, 0.1) is 0 Å². The summed E-state index contributed by atoms with van der Waals surface area (Å²) in [5.41, 5.74) is 1.38. The maximum absolute atomic E-state index is 12.7. The van der Waals surface area contributed by atoms with Gasteiger partial charge in [0.15, 0.2) is 11.5 Å². The quantitative estimate of drug-likeness (QED) is 0.631. The third kappa shape index (κ3) is 5.57. The van der Waals surface area contributed by atoms with Crippen molar-refractivity contribution in [1.29, 1.82) is 0 Å². The molecule has 0 aliphatic carbocycles. The Balaban J connectivity index is 2.06. The molecule has 156 valence electrons. The van der Waals surface area contributed by atoms with Gasteiger partial charge in [-0.2, -0.15) is 0 Å². The lowest BCUT2D eigenvalue weighted by atomic mass is 10.1. The van der Waals surface area contributed by atoms with Crippen LogP contribution in [0.3, 0.4) is 0 Å². The number of thioether (sulfide) groups is 1. The largest absolute Gasteiger partial charge is 0.493 e. The first-order valence-corrected chi connectivity index (χ1v) is 10.1. The van der Waals surface area contributed by atoms with Crippen molar-refractivity contribution in [3.05, 3.63) is 42.0 Å². The Morgan fingerprint density at radius 1 is 1.00 bits per heavy atom. The number of nitrogens with zero attached hydrogens (tertiary/aromatic N) is 1. The molecule has 29 heavy (non-hydrogen) atoms. The topological polar surface area (TPSA) is 77.1 Å². The zero-order chi connectivity index (χ0) is 21.4. The molecule has 2 amide bonds. The number of ether oxygens (including phenoxy) is 3. The number of carbonyl (C=O) groups is 2. The molecule has 0 aliphatic rings. The van der Waals surface area contributed by atoms with Crippen LogP contribution in [0.2, 0.25) is 0 Å². The van der Waals surface area contributed by atoms with Gasteiger partial charge in [0.1, 0.15) is 0 Å². The number of amides is 2. The van der Waals surface area contributed by atoms with Gasteiger partial charge in [-0.3, -0.25) is 9.59 Å².